The minimum atomic E-state index is -4.52. The highest BCUT2D eigenvalue weighted by Crippen LogP contribution is 2.37. The smallest absolute Gasteiger partial charge is 0.303 e. The lowest BCUT2D eigenvalue weighted by molar-refractivity contribution is -0.635. The van der Waals surface area contributed by atoms with E-state index in [0.29, 0.717) is 6.61 Å². The van der Waals surface area contributed by atoms with Gasteiger partial charge in [-0.25, -0.2) is 14.3 Å². The molecule has 0 heterocycles. The van der Waals surface area contributed by atoms with Gasteiger partial charge in [0, 0.05) is 0 Å². The summed E-state index contributed by atoms with van der Waals surface area (Å²) in [4.78, 5) is 26.4. The maximum Gasteiger partial charge on any atom is 0.469 e. The van der Waals surface area contributed by atoms with Crippen LogP contribution in [0, 0.1) is 0 Å². The van der Waals surface area contributed by atoms with Gasteiger partial charge in [0.2, 0.25) is 0 Å². The van der Waals surface area contributed by atoms with Gasteiger partial charge in [0.15, 0.2) is 0 Å². The van der Waals surface area contributed by atoms with Crippen LogP contribution >= 0.6 is 7.82 Å². The van der Waals surface area contributed by atoms with Crippen molar-refractivity contribution in [2.75, 3.05) is 13.2 Å². The van der Waals surface area contributed by atoms with Crippen LogP contribution in [0.4, 0.5) is 0 Å². The molecular weight excluding hydrogens is 339 g/mol. The molecule has 0 bridgehead atoms. The van der Waals surface area contributed by atoms with E-state index < -0.39 is 13.9 Å². The number of hydrogen-bond acceptors (Lipinski definition) is 6. The predicted octanol–water partition coefficient (Wildman–Crippen LogP) is 4.22. The molecule has 0 aromatic carbocycles. The molecule has 1 atom stereocenters. The van der Waals surface area contributed by atoms with Gasteiger partial charge in [-0.1, -0.05) is 64.7 Å². The maximum atomic E-state index is 10.5. The maximum absolute atomic E-state index is 10.5. The van der Waals surface area contributed by atoms with Crippen molar-refractivity contribution in [3.63, 3.8) is 0 Å². The molecule has 2 N–H and O–H groups in total. The second-order valence-electron chi connectivity index (χ2n) is 5.83. The summed E-state index contributed by atoms with van der Waals surface area (Å²) in [6.07, 6.45) is 11.5. The normalized spacial score (nSPS) is 13.3. The predicted molar refractivity (Wildman–Crippen MR) is 88.5 cm³/mol. The number of hydrogen-bond donors (Lipinski definition) is 2. The van der Waals surface area contributed by atoms with Crippen molar-refractivity contribution < 1.29 is 38.7 Å². The summed E-state index contributed by atoms with van der Waals surface area (Å²) in [5.41, 5.74) is 0. The lowest BCUT2D eigenvalue weighted by Crippen LogP contribution is -2.15. The Labute approximate surface area is 144 Å². The zero-order chi connectivity index (χ0) is 18.1. The second kappa shape index (κ2) is 16.4. The number of rotatable bonds is 18. The Bertz CT molecular complexity index is 310. The van der Waals surface area contributed by atoms with Gasteiger partial charge < -0.3 is 9.79 Å². The van der Waals surface area contributed by atoms with Gasteiger partial charge in [-0.3, -0.25) is 4.52 Å². The molecule has 0 aliphatic carbocycles. The van der Waals surface area contributed by atoms with Crippen LogP contribution in [0.5, 0.6) is 0 Å². The van der Waals surface area contributed by atoms with Crippen molar-refractivity contribution in [2.45, 2.75) is 84.2 Å². The summed E-state index contributed by atoms with van der Waals surface area (Å²) >= 11 is 0. The van der Waals surface area contributed by atoms with E-state index in [9.17, 15) is 4.57 Å². The topological polar surface area (TPSA) is 104 Å². The SMILES string of the molecule is CCCCCCCCCCCCOOOOCC(C)OP(=O)(O)O. The third-order valence-corrected chi connectivity index (χ3v) is 3.96. The van der Waals surface area contributed by atoms with E-state index in [0.717, 1.165) is 12.8 Å². The Morgan fingerprint density at radius 2 is 1.33 bits per heavy atom. The van der Waals surface area contributed by atoms with Crippen molar-refractivity contribution in [2.24, 2.45) is 0 Å². The van der Waals surface area contributed by atoms with Gasteiger partial charge in [-0.2, -0.15) is 0 Å². The van der Waals surface area contributed by atoms with Gasteiger partial charge in [-0.05, 0) is 23.4 Å². The first-order valence-electron chi connectivity index (χ1n) is 8.77. The molecular formula is C15H33O8P. The number of phosphoric acid groups is 1. The van der Waals surface area contributed by atoms with Crippen molar-refractivity contribution in [1.82, 2.24) is 0 Å². The number of unbranched alkanes of at least 4 members (excludes halogenated alkanes) is 9. The molecule has 0 fully saturated rings. The summed E-state index contributed by atoms with van der Waals surface area (Å²) in [5.74, 6) is 0. The van der Waals surface area contributed by atoms with Gasteiger partial charge in [0.1, 0.15) is 6.61 Å². The van der Waals surface area contributed by atoms with E-state index in [1.165, 1.54) is 58.3 Å². The molecule has 8 nitrogen and oxygen atoms in total. The lowest BCUT2D eigenvalue weighted by atomic mass is 10.1. The Balaban J connectivity index is 3.14. The molecule has 9 heteroatoms. The third kappa shape index (κ3) is 20.0. The zero-order valence-electron chi connectivity index (χ0n) is 14.9. The summed E-state index contributed by atoms with van der Waals surface area (Å²) in [6.45, 7) is 3.85. The molecule has 146 valence electrons. The molecule has 0 spiro atoms. The highest BCUT2D eigenvalue weighted by atomic mass is 31.2. The zero-order valence-corrected chi connectivity index (χ0v) is 15.7. The van der Waals surface area contributed by atoms with Crippen LogP contribution in [0.15, 0.2) is 0 Å². The Kier molecular flexibility index (Phi) is 16.4. The van der Waals surface area contributed by atoms with E-state index >= 15 is 0 Å². The molecule has 0 saturated carbocycles. The van der Waals surface area contributed by atoms with Crippen LogP contribution in [0.2, 0.25) is 0 Å². The van der Waals surface area contributed by atoms with Crippen LogP contribution in [0.25, 0.3) is 0 Å². The van der Waals surface area contributed by atoms with E-state index in [-0.39, 0.29) is 6.61 Å². The second-order valence-corrected chi connectivity index (χ2v) is 7.02. The summed E-state index contributed by atoms with van der Waals surface area (Å²) in [7, 11) is -4.52. The average molecular weight is 372 g/mol. The highest BCUT2D eigenvalue weighted by Gasteiger charge is 2.19. The monoisotopic (exact) mass is 372 g/mol. The fourth-order valence-electron chi connectivity index (χ4n) is 2.11. The first-order valence-corrected chi connectivity index (χ1v) is 10.3. The summed E-state index contributed by atoms with van der Waals surface area (Å²) in [6, 6.07) is 0. The van der Waals surface area contributed by atoms with Gasteiger partial charge >= 0.3 is 7.82 Å². The summed E-state index contributed by atoms with van der Waals surface area (Å²) < 4.78 is 14.8. The van der Waals surface area contributed by atoms with E-state index in [4.69, 9.17) is 14.7 Å². The Morgan fingerprint density at radius 3 is 1.88 bits per heavy atom. The van der Waals surface area contributed by atoms with Crippen LogP contribution in [0.1, 0.15) is 78.1 Å². The van der Waals surface area contributed by atoms with Gasteiger partial charge in [0.25, 0.3) is 0 Å². The molecule has 0 aliphatic heterocycles. The largest absolute Gasteiger partial charge is 0.469 e. The average Bonchev–Trinajstić information content (AvgIpc) is 2.49. The van der Waals surface area contributed by atoms with Crippen molar-refractivity contribution in [3.05, 3.63) is 0 Å². The molecule has 0 amide bonds. The minimum Gasteiger partial charge on any atom is -0.303 e. The van der Waals surface area contributed by atoms with Crippen LogP contribution in [0.3, 0.4) is 0 Å². The first kappa shape index (κ1) is 23.9. The first-order chi connectivity index (χ1) is 11.5. The molecule has 24 heavy (non-hydrogen) atoms. The molecule has 0 saturated heterocycles. The molecule has 0 aliphatic rings. The van der Waals surface area contributed by atoms with Crippen molar-refractivity contribution in [1.29, 1.82) is 0 Å². The summed E-state index contributed by atoms with van der Waals surface area (Å²) in [5, 5.41) is 8.58. The van der Waals surface area contributed by atoms with Crippen LogP contribution in [-0.4, -0.2) is 29.1 Å². The van der Waals surface area contributed by atoms with E-state index in [1.54, 1.807) is 0 Å². The Hall–Kier alpha value is -0.0500. The molecule has 0 radical (unpaired) electrons. The van der Waals surface area contributed by atoms with E-state index in [2.05, 4.69) is 26.4 Å². The van der Waals surface area contributed by atoms with E-state index in [1.807, 2.05) is 0 Å². The van der Waals surface area contributed by atoms with Crippen LogP contribution < -0.4 is 0 Å². The third-order valence-electron chi connectivity index (χ3n) is 3.33. The molecule has 1 unspecified atom stereocenters. The minimum absolute atomic E-state index is 0.202. The number of phosphoric ester groups is 1. The Morgan fingerprint density at radius 1 is 0.833 bits per heavy atom. The lowest BCUT2D eigenvalue weighted by Gasteiger charge is -2.11. The standard InChI is InChI=1S/C15H33O8P/c1-3-4-5-6-7-8-9-10-11-12-13-19-22-23-20-14-15(2)21-24(16,17)18/h15H,3-14H2,1-2H3,(H2,16,17,18). The molecule has 0 rings (SSSR count). The quantitative estimate of drug-likeness (QED) is 0.160. The van der Waals surface area contributed by atoms with Crippen molar-refractivity contribution in [3.8, 4) is 0 Å². The van der Waals surface area contributed by atoms with Crippen molar-refractivity contribution >= 4 is 7.82 Å². The highest BCUT2D eigenvalue weighted by molar-refractivity contribution is 7.46. The fraction of sp³-hybridized carbons (Fsp3) is 1.00. The van der Waals surface area contributed by atoms with Gasteiger partial charge in [0.05, 0.1) is 12.7 Å². The molecule has 0 aromatic heterocycles. The van der Waals surface area contributed by atoms with Gasteiger partial charge in [-0.15, -0.1) is 0 Å². The van der Waals surface area contributed by atoms with Crippen LogP contribution in [-0.2, 0) is 28.9 Å². The molecule has 0 aromatic rings. The fourth-order valence-corrected chi connectivity index (χ4v) is 2.64.